The molecule has 4 atom stereocenters. The van der Waals surface area contributed by atoms with Crippen molar-refractivity contribution in [3.63, 3.8) is 0 Å². The molecule has 4 nitrogen and oxygen atoms in total. The zero-order chi connectivity index (χ0) is 18.6. The minimum Gasteiger partial charge on any atom is -0.460 e. The highest BCUT2D eigenvalue weighted by atomic mass is 16.6. The first-order valence-electron chi connectivity index (χ1n) is 9.06. The predicted octanol–water partition coefficient (Wildman–Crippen LogP) is 3.92. The molecule has 2 rings (SSSR count). The highest BCUT2D eigenvalue weighted by Crippen LogP contribution is 2.43. The molecule has 0 bridgehead atoms. The Morgan fingerprint density at radius 3 is 2.36 bits per heavy atom. The molecule has 1 fully saturated rings. The lowest BCUT2D eigenvalue weighted by molar-refractivity contribution is -0.170. The van der Waals surface area contributed by atoms with Crippen molar-refractivity contribution in [2.45, 2.75) is 64.6 Å². The lowest BCUT2D eigenvalue weighted by Crippen LogP contribution is -2.45. The van der Waals surface area contributed by atoms with E-state index in [1.165, 1.54) is 19.6 Å². The third-order valence-electron chi connectivity index (χ3n) is 5.59. The molecular weight excluding hydrogens is 316 g/mol. The predicted molar refractivity (Wildman–Crippen MR) is 97.3 cm³/mol. The number of methoxy groups -OCH3 is 1. The van der Waals surface area contributed by atoms with Crippen molar-refractivity contribution in [3.8, 4) is 0 Å². The number of hydrogen-bond acceptors (Lipinski definition) is 4. The molecule has 1 unspecified atom stereocenters. The Morgan fingerprint density at radius 2 is 1.80 bits per heavy atom. The molecule has 0 aromatic heterocycles. The summed E-state index contributed by atoms with van der Waals surface area (Å²) in [5.41, 5.74) is 1.12. The summed E-state index contributed by atoms with van der Waals surface area (Å²) in [6, 6.07) is 10.4. The normalized spacial score (nSPS) is 25.2. The first-order valence-corrected chi connectivity index (χ1v) is 9.06. The lowest BCUT2D eigenvalue weighted by atomic mass is 9.64. The van der Waals surface area contributed by atoms with Gasteiger partial charge in [-0.15, -0.1) is 0 Å². The van der Waals surface area contributed by atoms with Gasteiger partial charge in [0.1, 0.15) is 6.10 Å². The van der Waals surface area contributed by atoms with Gasteiger partial charge < -0.3 is 9.47 Å². The molecule has 1 aromatic carbocycles. The number of benzene rings is 1. The van der Waals surface area contributed by atoms with E-state index in [0.717, 1.165) is 19.3 Å². The molecule has 4 heteroatoms. The van der Waals surface area contributed by atoms with E-state index < -0.39 is 12.1 Å². The smallest absolute Gasteiger partial charge is 0.343 e. The van der Waals surface area contributed by atoms with Crippen molar-refractivity contribution < 1.29 is 19.1 Å². The van der Waals surface area contributed by atoms with Crippen LogP contribution in [0.4, 0.5) is 0 Å². The molecule has 0 spiro atoms. The summed E-state index contributed by atoms with van der Waals surface area (Å²) in [7, 11) is 1.36. The zero-order valence-electron chi connectivity index (χ0n) is 16.0. The molecule has 1 aromatic rings. The molecule has 138 valence electrons. The van der Waals surface area contributed by atoms with Gasteiger partial charge in [0.15, 0.2) is 5.78 Å². The van der Waals surface area contributed by atoms with Crippen molar-refractivity contribution in [2.75, 3.05) is 7.11 Å². The van der Waals surface area contributed by atoms with Crippen LogP contribution in [0, 0.1) is 11.8 Å². The Morgan fingerprint density at radius 1 is 1.16 bits per heavy atom. The third-order valence-corrected chi connectivity index (χ3v) is 5.59. The Kier molecular flexibility index (Phi) is 6.39. The zero-order valence-corrected chi connectivity index (χ0v) is 16.0. The van der Waals surface area contributed by atoms with Crippen LogP contribution in [-0.4, -0.2) is 31.1 Å². The number of ketones is 1. The van der Waals surface area contributed by atoms with Crippen molar-refractivity contribution >= 4 is 11.8 Å². The molecule has 0 amide bonds. The summed E-state index contributed by atoms with van der Waals surface area (Å²) in [4.78, 5) is 24.0. The van der Waals surface area contributed by atoms with Crippen LogP contribution in [0.3, 0.4) is 0 Å². The molecule has 0 N–H and O–H groups in total. The average Bonchev–Trinajstić information content (AvgIpc) is 2.55. The van der Waals surface area contributed by atoms with Gasteiger partial charge in [-0.2, -0.15) is 0 Å². The van der Waals surface area contributed by atoms with Crippen molar-refractivity contribution in [3.05, 3.63) is 35.9 Å². The Hall–Kier alpha value is -1.68. The topological polar surface area (TPSA) is 52.6 Å². The van der Waals surface area contributed by atoms with Gasteiger partial charge in [0.25, 0.3) is 0 Å². The van der Waals surface area contributed by atoms with Crippen molar-refractivity contribution in [2.24, 2.45) is 11.8 Å². The van der Waals surface area contributed by atoms with Crippen LogP contribution in [0.25, 0.3) is 0 Å². The molecule has 0 heterocycles. The van der Waals surface area contributed by atoms with E-state index >= 15 is 0 Å². The van der Waals surface area contributed by atoms with Gasteiger partial charge in [0.2, 0.25) is 6.10 Å². The second-order valence-electron chi connectivity index (χ2n) is 7.81. The SMILES string of the molecule is COC(C(C)=O)C(=O)O[C@@H]1C[C@H](C)CC[C@H]1C(C)(C)c1ccccc1. The highest BCUT2D eigenvalue weighted by Gasteiger charge is 2.42. The van der Waals surface area contributed by atoms with Crippen LogP contribution in [0.15, 0.2) is 30.3 Å². The van der Waals surface area contributed by atoms with Crippen LogP contribution in [0.1, 0.15) is 52.5 Å². The number of Topliss-reactive ketones (excluding diaryl/α,β-unsaturated/α-hetero) is 1. The van der Waals surface area contributed by atoms with Gasteiger partial charge in [-0.05, 0) is 36.7 Å². The van der Waals surface area contributed by atoms with E-state index in [1.54, 1.807) is 0 Å². The summed E-state index contributed by atoms with van der Waals surface area (Å²) in [5, 5.41) is 0. The van der Waals surface area contributed by atoms with Gasteiger partial charge in [0.05, 0.1) is 0 Å². The number of hydrogen-bond donors (Lipinski definition) is 0. The first kappa shape index (κ1) is 19.6. The van der Waals surface area contributed by atoms with Crippen LogP contribution >= 0.6 is 0 Å². The number of esters is 1. The summed E-state index contributed by atoms with van der Waals surface area (Å²) in [6.45, 7) is 7.96. The maximum Gasteiger partial charge on any atom is 0.343 e. The number of carbonyl (C=O) groups is 2. The Bertz CT molecular complexity index is 593. The van der Waals surface area contributed by atoms with Crippen molar-refractivity contribution in [1.29, 1.82) is 0 Å². The van der Waals surface area contributed by atoms with Gasteiger partial charge in [0, 0.05) is 13.0 Å². The standard InChI is InChI=1S/C21H30O4/c1-14-11-12-17(21(3,4)16-9-7-6-8-10-16)18(13-14)25-20(23)19(24-5)15(2)22/h6-10,14,17-19H,11-13H2,1-5H3/t14-,17-,18-,19?/m1/s1. The van der Waals surface area contributed by atoms with Gasteiger partial charge in [-0.25, -0.2) is 4.79 Å². The summed E-state index contributed by atoms with van der Waals surface area (Å²) < 4.78 is 10.8. The minimum absolute atomic E-state index is 0.120. The van der Waals surface area contributed by atoms with Crippen LogP contribution in [0.5, 0.6) is 0 Å². The van der Waals surface area contributed by atoms with Crippen molar-refractivity contribution in [1.82, 2.24) is 0 Å². The third kappa shape index (κ3) is 4.49. The first-order chi connectivity index (χ1) is 11.8. The highest BCUT2D eigenvalue weighted by molar-refractivity contribution is 6.00. The lowest BCUT2D eigenvalue weighted by Gasteiger charge is -2.44. The number of ether oxygens (including phenoxy) is 2. The number of carbonyl (C=O) groups excluding carboxylic acids is 2. The second kappa shape index (κ2) is 8.13. The number of rotatable bonds is 6. The molecule has 0 aliphatic heterocycles. The van der Waals surface area contributed by atoms with Crippen LogP contribution in [0.2, 0.25) is 0 Å². The van der Waals surface area contributed by atoms with Gasteiger partial charge >= 0.3 is 5.97 Å². The molecular formula is C21H30O4. The summed E-state index contributed by atoms with van der Waals surface area (Å²) in [5.74, 6) is -0.184. The summed E-state index contributed by atoms with van der Waals surface area (Å²) >= 11 is 0. The maximum atomic E-state index is 12.4. The largest absolute Gasteiger partial charge is 0.460 e. The molecule has 1 saturated carbocycles. The Labute approximate surface area is 150 Å². The average molecular weight is 346 g/mol. The van der Waals surface area contributed by atoms with Gasteiger partial charge in [-0.3, -0.25) is 4.79 Å². The molecule has 25 heavy (non-hydrogen) atoms. The minimum atomic E-state index is -1.13. The van der Waals surface area contributed by atoms with E-state index in [-0.39, 0.29) is 23.2 Å². The molecule has 1 aliphatic rings. The van der Waals surface area contributed by atoms with Crippen LogP contribution in [-0.2, 0) is 24.5 Å². The Balaban J connectivity index is 2.23. The molecule has 0 radical (unpaired) electrons. The van der Waals surface area contributed by atoms with E-state index in [1.807, 2.05) is 18.2 Å². The van der Waals surface area contributed by atoms with E-state index in [0.29, 0.717) is 5.92 Å². The fourth-order valence-electron chi connectivity index (χ4n) is 4.01. The van der Waals surface area contributed by atoms with Crippen LogP contribution < -0.4 is 0 Å². The molecule has 0 saturated heterocycles. The van der Waals surface area contributed by atoms with E-state index in [9.17, 15) is 9.59 Å². The van der Waals surface area contributed by atoms with E-state index in [4.69, 9.17) is 9.47 Å². The fraction of sp³-hybridized carbons (Fsp3) is 0.619. The quantitative estimate of drug-likeness (QED) is 0.579. The second-order valence-corrected chi connectivity index (χ2v) is 7.81. The maximum absolute atomic E-state index is 12.4. The summed E-state index contributed by atoms with van der Waals surface area (Å²) in [6.07, 6.45) is 1.61. The monoisotopic (exact) mass is 346 g/mol. The van der Waals surface area contributed by atoms with E-state index in [2.05, 4.69) is 32.9 Å². The molecule has 1 aliphatic carbocycles. The fourth-order valence-corrected chi connectivity index (χ4v) is 4.01. The van der Waals surface area contributed by atoms with Gasteiger partial charge in [-0.1, -0.05) is 57.5 Å².